The van der Waals surface area contributed by atoms with Crippen LogP contribution in [0.25, 0.3) is 0 Å². The predicted molar refractivity (Wildman–Crippen MR) is 83.7 cm³/mol. The molecule has 1 saturated heterocycles. The molecule has 1 N–H and O–H groups in total. The van der Waals surface area contributed by atoms with Crippen LogP contribution in [0.4, 0.5) is 0 Å². The van der Waals surface area contributed by atoms with Gasteiger partial charge in [-0.05, 0) is 30.9 Å². The molecule has 112 valence electrons. The Morgan fingerprint density at radius 2 is 2.19 bits per heavy atom. The van der Waals surface area contributed by atoms with Crippen molar-refractivity contribution in [2.75, 3.05) is 13.7 Å². The van der Waals surface area contributed by atoms with Gasteiger partial charge in [-0.25, -0.2) is 0 Å². The first-order chi connectivity index (χ1) is 10.3. The van der Waals surface area contributed by atoms with E-state index in [4.69, 9.17) is 4.74 Å². The zero-order valence-corrected chi connectivity index (χ0v) is 12.6. The predicted octanol–water partition coefficient (Wildman–Crippen LogP) is 3.51. The van der Waals surface area contributed by atoms with E-state index in [9.17, 15) is 4.79 Å². The van der Waals surface area contributed by atoms with E-state index >= 15 is 0 Å². The van der Waals surface area contributed by atoms with Crippen molar-refractivity contribution < 1.29 is 9.53 Å². The van der Waals surface area contributed by atoms with Gasteiger partial charge in [0.05, 0.1) is 7.11 Å². The average Bonchev–Trinajstić information content (AvgIpc) is 2.77. The minimum Gasteiger partial charge on any atom is -0.496 e. The fourth-order valence-electron chi connectivity index (χ4n) is 3.38. The van der Waals surface area contributed by atoms with Gasteiger partial charge in [-0.15, -0.1) is 0 Å². The summed E-state index contributed by atoms with van der Waals surface area (Å²) in [5.41, 5.74) is 2.52. The molecular weight excluding hydrogens is 262 g/mol. The van der Waals surface area contributed by atoms with Gasteiger partial charge in [-0.1, -0.05) is 30.7 Å². The van der Waals surface area contributed by atoms with Crippen LogP contribution in [0.1, 0.15) is 55.1 Å². The number of nitrogens with one attached hydrogen (secondary N) is 1. The molecule has 1 heterocycles. The summed E-state index contributed by atoms with van der Waals surface area (Å²) in [4.78, 5) is 11.4. The van der Waals surface area contributed by atoms with Crippen molar-refractivity contribution in [3.05, 3.63) is 41.5 Å². The summed E-state index contributed by atoms with van der Waals surface area (Å²) in [6, 6.07) is 6.42. The molecule has 3 nitrogen and oxygen atoms in total. The van der Waals surface area contributed by atoms with Gasteiger partial charge in [0.25, 0.3) is 0 Å². The molecule has 1 aliphatic carbocycles. The maximum atomic E-state index is 11.4. The number of carbonyl (C=O) groups excluding carboxylic acids is 1. The standard InChI is InChI=1S/C18H23NO2/c1-21-17-9-8-14(15-11-18(20)19-12-15)10-16(17)13-6-4-2-3-5-7-13/h4,6,8-10,13,15H,2-3,5,7,11-12H2,1H3,(H,19,20). The Kier molecular flexibility index (Phi) is 4.28. The highest BCUT2D eigenvalue weighted by atomic mass is 16.5. The Labute approximate surface area is 126 Å². The smallest absolute Gasteiger partial charge is 0.220 e. The number of rotatable bonds is 3. The van der Waals surface area contributed by atoms with Gasteiger partial charge >= 0.3 is 0 Å². The molecule has 0 bridgehead atoms. The number of benzene rings is 1. The molecule has 0 spiro atoms. The molecule has 3 heteroatoms. The number of hydrogen-bond donors (Lipinski definition) is 1. The van der Waals surface area contributed by atoms with Crippen LogP contribution in [0.15, 0.2) is 30.4 Å². The summed E-state index contributed by atoms with van der Waals surface area (Å²) in [5.74, 6) is 1.86. The molecule has 21 heavy (non-hydrogen) atoms. The second-order valence-corrected chi connectivity index (χ2v) is 6.03. The average molecular weight is 285 g/mol. The minimum absolute atomic E-state index is 0.159. The molecule has 2 atom stereocenters. The second-order valence-electron chi connectivity index (χ2n) is 6.03. The van der Waals surface area contributed by atoms with Crippen LogP contribution < -0.4 is 10.1 Å². The third-order valence-corrected chi connectivity index (χ3v) is 4.61. The topological polar surface area (TPSA) is 38.3 Å². The largest absolute Gasteiger partial charge is 0.496 e. The molecular formula is C18H23NO2. The van der Waals surface area contributed by atoms with Crippen LogP contribution in [0.2, 0.25) is 0 Å². The Bertz CT molecular complexity index is 550. The maximum Gasteiger partial charge on any atom is 0.220 e. The van der Waals surface area contributed by atoms with Crippen molar-refractivity contribution in [1.29, 1.82) is 0 Å². The van der Waals surface area contributed by atoms with Gasteiger partial charge in [0, 0.05) is 30.4 Å². The number of allylic oxidation sites excluding steroid dienone is 2. The summed E-state index contributed by atoms with van der Waals surface area (Å²) >= 11 is 0. The number of methoxy groups -OCH3 is 1. The van der Waals surface area contributed by atoms with Gasteiger partial charge in [0.1, 0.15) is 5.75 Å². The van der Waals surface area contributed by atoms with Crippen molar-refractivity contribution in [3.8, 4) is 5.75 Å². The van der Waals surface area contributed by atoms with E-state index in [1.54, 1.807) is 7.11 Å². The van der Waals surface area contributed by atoms with Gasteiger partial charge in [-0.2, -0.15) is 0 Å². The van der Waals surface area contributed by atoms with Crippen molar-refractivity contribution in [2.24, 2.45) is 0 Å². The third kappa shape index (κ3) is 3.12. The van der Waals surface area contributed by atoms with E-state index in [1.165, 1.54) is 36.8 Å². The SMILES string of the molecule is COc1ccc(C2CNC(=O)C2)cc1C1C=CCCCC1. The molecule has 0 radical (unpaired) electrons. The third-order valence-electron chi connectivity index (χ3n) is 4.61. The van der Waals surface area contributed by atoms with Gasteiger partial charge in [-0.3, -0.25) is 4.79 Å². The number of hydrogen-bond acceptors (Lipinski definition) is 2. The second kappa shape index (κ2) is 6.33. The lowest BCUT2D eigenvalue weighted by molar-refractivity contribution is -0.119. The molecule has 0 aromatic heterocycles. The minimum atomic E-state index is 0.159. The number of ether oxygens (including phenoxy) is 1. The zero-order valence-electron chi connectivity index (χ0n) is 12.6. The van der Waals surface area contributed by atoms with Crippen LogP contribution in [0, 0.1) is 0 Å². The monoisotopic (exact) mass is 285 g/mol. The molecule has 0 saturated carbocycles. The van der Waals surface area contributed by atoms with Crippen molar-refractivity contribution in [1.82, 2.24) is 5.32 Å². The Morgan fingerprint density at radius 3 is 2.95 bits per heavy atom. The molecule has 2 aliphatic rings. The lowest BCUT2D eigenvalue weighted by Crippen LogP contribution is -2.13. The summed E-state index contributed by atoms with van der Waals surface area (Å²) in [6.07, 6.45) is 10.1. The normalized spacial score (nSPS) is 25.5. The van der Waals surface area contributed by atoms with Crippen LogP contribution in [0.3, 0.4) is 0 Å². The van der Waals surface area contributed by atoms with E-state index in [0.717, 1.165) is 12.3 Å². The first-order valence-electron chi connectivity index (χ1n) is 7.89. The first kappa shape index (κ1) is 14.2. The zero-order chi connectivity index (χ0) is 14.7. The Morgan fingerprint density at radius 1 is 1.29 bits per heavy atom. The fourth-order valence-corrected chi connectivity index (χ4v) is 3.38. The summed E-state index contributed by atoms with van der Waals surface area (Å²) in [5, 5.41) is 2.92. The highest BCUT2D eigenvalue weighted by molar-refractivity contribution is 5.79. The lowest BCUT2D eigenvalue weighted by atomic mass is 9.89. The van der Waals surface area contributed by atoms with Crippen molar-refractivity contribution in [3.63, 3.8) is 0 Å². The van der Waals surface area contributed by atoms with E-state index in [2.05, 4.69) is 35.7 Å². The highest BCUT2D eigenvalue weighted by Crippen LogP contribution is 2.36. The number of carbonyl (C=O) groups is 1. The maximum absolute atomic E-state index is 11.4. The lowest BCUT2D eigenvalue weighted by Gasteiger charge is -2.18. The molecule has 1 aromatic carbocycles. The van der Waals surface area contributed by atoms with E-state index < -0.39 is 0 Å². The van der Waals surface area contributed by atoms with Crippen molar-refractivity contribution >= 4 is 5.91 Å². The van der Waals surface area contributed by atoms with Crippen molar-refractivity contribution in [2.45, 2.75) is 43.9 Å². The van der Waals surface area contributed by atoms with Crippen LogP contribution >= 0.6 is 0 Å². The van der Waals surface area contributed by atoms with Crippen LogP contribution in [-0.2, 0) is 4.79 Å². The molecule has 2 unspecified atom stereocenters. The molecule has 1 fully saturated rings. The van der Waals surface area contributed by atoms with Gasteiger partial charge < -0.3 is 10.1 Å². The number of amides is 1. The Balaban J connectivity index is 1.91. The summed E-state index contributed by atoms with van der Waals surface area (Å²) < 4.78 is 5.56. The molecule has 3 rings (SSSR count). The Hall–Kier alpha value is -1.77. The van der Waals surface area contributed by atoms with E-state index in [-0.39, 0.29) is 5.91 Å². The van der Waals surface area contributed by atoms with Gasteiger partial charge in [0.15, 0.2) is 0 Å². The van der Waals surface area contributed by atoms with Gasteiger partial charge in [0.2, 0.25) is 5.91 Å². The fraction of sp³-hybridized carbons (Fsp3) is 0.500. The summed E-state index contributed by atoms with van der Waals surface area (Å²) in [6.45, 7) is 0.755. The van der Waals surface area contributed by atoms with Crippen LogP contribution in [0.5, 0.6) is 5.75 Å². The molecule has 1 aromatic rings. The summed E-state index contributed by atoms with van der Waals surface area (Å²) in [7, 11) is 1.74. The molecule has 1 amide bonds. The van der Waals surface area contributed by atoms with E-state index in [0.29, 0.717) is 18.3 Å². The molecule has 1 aliphatic heterocycles. The highest BCUT2D eigenvalue weighted by Gasteiger charge is 2.24. The van der Waals surface area contributed by atoms with Crippen LogP contribution in [-0.4, -0.2) is 19.6 Å². The first-order valence-corrected chi connectivity index (χ1v) is 7.89. The van der Waals surface area contributed by atoms with E-state index in [1.807, 2.05) is 0 Å². The quantitative estimate of drug-likeness (QED) is 0.863.